The Labute approximate surface area is 131 Å². The number of nitrogens with zero attached hydrogens (tertiary/aromatic N) is 2. The Kier molecular flexibility index (Phi) is 5.91. The van der Waals surface area contributed by atoms with E-state index in [1.165, 1.54) is 0 Å². The summed E-state index contributed by atoms with van der Waals surface area (Å²) in [6.45, 7) is 8.81. The number of pyridine rings is 1. The molecule has 2 heterocycles. The first-order valence-corrected chi connectivity index (χ1v) is 8.67. The maximum absolute atomic E-state index is 12.2. The molecule has 1 N–H and O–H groups in total. The zero-order chi connectivity index (χ0) is 15.2. The van der Waals surface area contributed by atoms with Gasteiger partial charge in [-0.2, -0.15) is 11.8 Å². The Morgan fingerprint density at radius 1 is 1.52 bits per heavy atom. The highest BCUT2D eigenvalue weighted by atomic mass is 32.2. The fraction of sp³-hybridized carbons (Fsp3) is 0.625. The third-order valence-electron chi connectivity index (χ3n) is 3.79. The number of aromatic nitrogens is 1. The van der Waals surface area contributed by atoms with Crippen LogP contribution in [-0.2, 0) is 6.42 Å². The Morgan fingerprint density at radius 2 is 2.33 bits per heavy atom. The molecule has 0 bridgehead atoms. The molecular weight excluding hydrogens is 282 g/mol. The van der Waals surface area contributed by atoms with E-state index in [0.29, 0.717) is 17.7 Å². The van der Waals surface area contributed by atoms with Crippen LogP contribution in [0.2, 0.25) is 0 Å². The quantitative estimate of drug-likeness (QED) is 0.930. The molecule has 1 aromatic heterocycles. The Bertz CT molecular complexity index is 461. The normalized spacial score (nSPS) is 18.9. The molecule has 1 fully saturated rings. The molecule has 2 rings (SSSR count). The average molecular weight is 307 g/mol. The van der Waals surface area contributed by atoms with Gasteiger partial charge in [0.05, 0.1) is 0 Å². The van der Waals surface area contributed by atoms with Crippen molar-refractivity contribution in [2.75, 3.05) is 25.4 Å². The summed E-state index contributed by atoms with van der Waals surface area (Å²) in [4.78, 5) is 18.4. The average Bonchev–Trinajstić information content (AvgIpc) is 2.49. The van der Waals surface area contributed by atoms with Crippen molar-refractivity contribution in [3.8, 4) is 0 Å². The Hall–Kier alpha value is -1.23. The largest absolute Gasteiger partial charge is 0.338 e. The minimum Gasteiger partial charge on any atom is -0.338 e. The lowest BCUT2D eigenvalue weighted by molar-refractivity contribution is 0.197. The lowest BCUT2D eigenvalue weighted by Crippen LogP contribution is -2.48. The maximum Gasteiger partial charge on any atom is 0.317 e. The standard InChI is InChI=1S/C16H25N3OS/c1-12(2)15-11-19(8-9-21-15)16(20)17-7-6-14-5-4-13(3)18-10-14/h4-5,10,12,15H,6-9,11H2,1-3H3,(H,17,20)/t15-/m1/s1. The lowest BCUT2D eigenvalue weighted by Gasteiger charge is -2.34. The van der Waals surface area contributed by atoms with Crippen molar-refractivity contribution in [1.29, 1.82) is 0 Å². The van der Waals surface area contributed by atoms with Gasteiger partial charge in [0, 0.05) is 42.5 Å². The summed E-state index contributed by atoms with van der Waals surface area (Å²) in [5.41, 5.74) is 2.18. The van der Waals surface area contributed by atoms with Gasteiger partial charge < -0.3 is 10.2 Å². The second-order valence-electron chi connectivity index (χ2n) is 5.89. The number of aryl methyl sites for hydroxylation is 1. The van der Waals surface area contributed by atoms with Crippen molar-refractivity contribution in [3.05, 3.63) is 29.6 Å². The van der Waals surface area contributed by atoms with E-state index in [4.69, 9.17) is 0 Å². The van der Waals surface area contributed by atoms with E-state index in [1.54, 1.807) is 0 Å². The monoisotopic (exact) mass is 307 g/mol. The number of hydrogen-bond donors (Lipinski definition) is 1. The predicted octanol–water partition coefficient (Wildman–Crippen LogP) is 2.72. The van der Waals surface area contributed by atoms with Crippen LogP contribution in [0.25, 0.3) is 0 Å². The van der Waals surface area contributed by atoms with Crippen LogP contribution in [0.1, 0.15) is 25.1 Å². The van der Waals surface area contributed by atoms with Gasteiger partial charge in [-0.3, -0.25) is 4.98 Å². The molecule has 0 aromatic carbocycles. The highest BCUT2D eigenvalue weighted by molar-refractivity contribution is 8.00. The maximum atomic E-state index is 12.2. The highest BCUT2D eigenvalue weighted by Gasteiger charge is 2.25. The Balaban J connectivity index is 1.75. The van der Waals surface area contributed by atoms with Crippen molar-refractivity contribution in [2.24, 2.45) is 5.92 Å². The third kappa shape index (κ3) is 4.92. The Morgan fingerprint density at radius 3 is 3.00 bits per heavy atom. The lowest BCUT2D eigenvalue weighted by atomic mass is 10.1. The number of urea groups is 1. The number of nitrogens with one attached hydrogen (secondary N) is 1. The van der Waals surface area contributed by atoms with Crippen LogP contribution in [0.5, 0.6) is 0 Å². The SMILES string of the molecule is Cc1ccc(CCNC(=O)N2CCS[C@@H](C(C)C)C2)cn1. The van der Waals surface area contributed by atoms with Crippen molar-refractivity contribution in [1.82, 2.24) is 15.2 Å². The summed E-state index contributed by atoms with van der Waals surface area (Å²) in [5, 5.41) is 3.59. The highest BCUT2D eigenvalue weighted by Crippen LogP contribution is 2.24. The van der Waals surface area contributed by atoms with Gasteiger partial charge in [0.15, 0.2) is 0 Å². The molecule has 0 radical (unpaired) electrons. The predicted molar refractivity (Wildman–Crippen MR) is 88.7 cm³/mol. The minimum atomic E-state index is 0.0704. The van der Waals surface area contributed by atoms with Crippen molar-refractivity contribution in [3.63, 3.8) is 0 Å². The molecule has 5 heteroatoms. The van der Waals surface area contributed by atoms with Gasteiger partial charge in [-0.25, -0.2) is 4.79 Å². The van der Waals surface area contributed by atoms with Crippen LogP contribution in [0.4, 0.5) is 4.79 Å². The second kappa shape index (κ2) is 7.69. The molecular formula is C16H25N3OS. The number of carbonyl (C=O) groups is 1. The first-order valence-electron chi connectivity index (χ1n) is 7.62. The van der Waals surface area contributed by atoms with Crippen molar-refractivity contribution >= 4 is 17.8 Å². The molecule has 1 aliphatic rings. The van der Waals surface area contributed by atoms with Crippen LogP contribution >= 0.6 is 11.8 Å². The molecule has 1 aliphatic heterocycles. The van der Waals surface area contributed by atoms with Crippen LogP contribution in [-0.4, -0.2) is 46.6 Å². The van der Waals surface area contributed by atoms with Gasteiger partial charge >= 0.3 is 6.03 Å². The third-order valence-corrected chi connectivity index (χ3v) is 5.33. The van der Waals surface area contributed by atoms with Gasteiger partial charge in [-0.15, -0.1) is 0 Å². The molecule has 116 valence electrons. The molecule has 4 nitrogen and oxygen atoms in total. The molecule has 2 amide bonds. The van der Waals surface area contributed by atoms with Gasteiger partial charge in [-0.1, -0.05) is 19.9 Å². The van der Waals surface area contributed by atoms with E-state index in [9.17, 15) is 4.79 Å². The molecule has 0 saturated carbocycles. The van der Waals surface area contributed by atoms with Gasteiger partial charge in [0.25, 0.3) is 0 Å². The smallest absolute Gasteiger partial charge is 0.317 e. The fourth-order valence-electron chi connectivity index (χ4n) is 2.34. The zero-order valence-corrected chi connectivity index (χ0v) is 13.9. The fourth-order valence-corrected chi connectivity index (χ4v) is 3.63. The number of amides is 2. The van der Waals surface area contributed by atoms with Crippen LogP contribution in [0, 0.1) is 12.8 Å². The summed E-state index contributed by atoms with van der Waals surface area (Å²) in [6.07, 6.45) is 2.71. The van der Waals surface area contributed by atoms with Gasteiger partial charge in [0.2, 0.25) is 0 Å². The van der Waals surface area contributed by atoms with Crippen LogP contribution < -0.4 is 5.32 Å². The first-order chi connectivity index (χ1) is 10.1. The van der Waals surface area contributed by atoms with Gasteiger partial charge in [-0.05, 0) is 30.9 Å². The molecule has 0 unspecified atom stereocenters. The molecule has 1 aromatic rings. The van der Waals surface area contributed by atoms with Crippen molar-refractivity contribution in [2.45, 2.75) is 32.4 Å². The topological polar surface area (TPSA) is 45.2 Å². The van der Waals surface area contributed by atoms with E-state index in [1.807, 2.05) is 35.8 Å². The molecule has 0 aliphatic carbocycles. The van der Waals surface area contributed by atoms with E-state index >= 15 is 0 Å². The second-order valence-corrected chi connectivity index (χ2v) is 7.24. The van der Waals surface area contributed by atoms with Crippen molar-refractivity contribution < 1.29 is 4.79 Å². The number of carbonyl (C=O) groups excluding carboxylic acids is 1. The molecule has 1 atom stereocenters. The number of rotatable bonds is 4. The summed E-state index contributed by atoms with van der Waals surface area (Å²) in [5.74, 6) is 1.65. The van der Waals surface area contributed by atoms with Crippen LogP contribution in [0.15, 0.2) is 18.3 Å². The summed E-state index contributed by atoms with van der Waals surface area (Å²) in [7, 11) is 0. The molecule has 1 saturated heterocycles. The number of thioether (sulfide) groups is 1. The van der Waals surface area contributed by atoms with E-state index in [0.717, 1.165) is 36.5 Å². The minimum absolute atomic E-state index is 0.0704. The summed E-state index contributed by atoms with van der Waals surface area (Å²) in [6, 6.07) is 4.15. The van der Waals surface area contributed by atoms with E-state index in [2.05, 4.69) is 30.2 Å². The molecule has 21 heavy (non-hydrogen) atoms. The zero-order valence-electron chi connectivity index (χ0n) is 13.1. The van der Waals surface area contributed by atoms with E-state index < -0.39 is 0 Å². The summed E-state index contributed by atoms with van der Waals surface area (Å²) >= 11 is 1.98. The van der Waals surface area contributed by atoms with Gasteiger partial charge in [0.1, 0.15) is 0 Å². The van der Waals surface area contributed by atoms with Crippen LogP contribution in [0.3, 0.4) is 0 Å². The summed E-state index contributed by atoms with van der Waals surface area (Å²) < 4.78 is 0. The number of hydrogen-bond acceptors (Lipinski definition) is 3. The van der Waals surface area contributed by atoms with E-state index in [-0.39, 0.29) is 6.03 Å². The first kappa shape index (κ1) is 16.1. The molecule has 0 spiro atoms.